The molecule has 8 heteroatoms. The highest BCUT2D eigenvalue weighted by atomic mass is 79.9. The summed E-state index contributed by atoms with van der Waals surface area (Å²) in [6.45, 7) is 6.62. The first kappa shape index (κ1) is 25.6. The van der Waals surface area contributed by atoms with E-state index in [1.807, 2.05) is 56.3 Å². The molecule has 0 aliphatic rings. The van der Waals surface area contributed by atoms with Crippen LogP contribution in [0.3, 0.4) is 0 Å². The Labute approximate surface area is 228 Å². The number of carboxylic acid groups (broad SMARTS) is 1. The maximum absolute atomic E-state index is 13.6. The average Bonchev–Trinajstić information content (AvgIpc) is 3.18. The Bertz CT molecular complexity index is 1780. The number of hydrogen-bond donors (Lipinski definition) is 1. The molecule has 1 atom stereocenters. The lowest BCUT2D eigenvalue weighted by Crippen LogP contribution is -2.23. The van der Waals surface area contributed by atoms with Gasteiger partial charge in [-0.05, 0) is 55.3 Å². The van der Waals surface area contributed by atoms with Crippen molar-refractivity contribution in [3.05, 3.63) is 110 Å². The number of fused-ring (bicyclic) bond motifs is 2. The first-order valence-corrected chi connectivity index (χ1v) is 13.2. The topological polar surface area (TPSA) is 89.5 Å². The molecule has 0 radical (unpaired) electrons. The van der Waals surface area contributed by atoms with Crippen LogP contribution in [0.4, 0.5) is 0 Å². The second kappa shape index (κ2) is 10.4. The van der Waals surface area contributed by atoms with Crippen molar-refractivity contribution in [1.29, 1.82) is 0 Å². The minimum atomic E-state index is -0.952. The van der Waals surface area contributed by atoms with Crippen LogP contribution in [0.2, 0.25) is 0 Å². The summed E-state index contributed by atoms with van der Waals surface area (Å²) in [4.78, 5) is 29.8. The molecule has 3 aromatic carbocycles. The molecule has 2 aromatic heterocycles. The van der Waals surface area contributed by atoms with Gasteiger partial charge in [0.25, 0.3) is 5.56 Å². The summed E-state index contributed by atoms with van der Waals surface area (Å²) in [6.07, 6.45) is 2.55. The van der Waals surface area contributed by atoms with Crippen LogP contribution < -0.4 is 5.56 Å². The summed E-state index contributed by atoms with van der Waals surface area (Å²) in [7, 11) is 0. The lowest BCUT2D eigenvalue weighted by atomic mass is 10.1. The van der Waals surface area contributed by atoms with Crippen LogP contribution in [0.15, 0.2) is 81.1 Å². The zero-order chi connectivity index (χ0) is 27.0. The van der Waals surface area contributed by atoms with E-state index < -0.39 is 5.97 Å². The Morgan fingerprint density at radius 3 is 2.66 bits per heavy atom. The van der Waals surface area contributed by atoms with Crippen LogP contribution in [-0.4, -0.2) is 31.5 Å². The summed E-state index contributed by atoms with van der Waals surface area (Å²) in [5.74, 6) is -0.292. The van der Waals surface area contributed by atoms with Gasteiger partial charge in [-0.2, -0.15) is 9.78 Å². The lowest BCUT2D eigenvalue weighted by molar-refractivity contribution is 0.0696. The molecule has 1 N–H and O–H groups in total. The second-order valence-corrected chi connectivity index (χ2v) is 10.3. The van der Waals surface area contributed by atoms with Crippen LogP contribution >= 0.6 is 15.9 Å². The van der Waals surface area contributed by atoms with E-state index in [0.29, 0.717) is 23.3 Å². The molecule has 0 saturated carbocycles. The van der Waals surface area contributed by atoms with Crippen molar-refractivity contribution >= 4 is 49.9 Å². The standard InChI is InChI=1S/C30H27BrN4O3/c1-4-18(2)28-33-26-13-12-22(31)15-24(26)29(36)35(28)32-16-25-19(3)34(27-11-6-5-10-23(25)27)17-20-8-7-9-21(14-20)30(37)38/h5-16,18H,4,17H2,1-3H3,(H,37,38)/t18-/m1/s1. The zero-order valence-electron chi connectivity index (χ0n) is 21.4. The second-order valence-electron chi connectivity index (χ2n) is 9.41. The van der Waals surface area contributed by atoms with Gasteiger partial charge in [-0.3, -0.25) is 4.79 Å². The highest BCUT2D eigenvalue weighted by Gasteiger charge is 2.17. The first-order valence-electron chi connectivity index (χ1n) is 12.4. The molecule has 0 saturated heterocycles. The highest BCUT2D eigenvalue weighted by molar-refractivity contribution is 9.10. The van der Waals surface area contributed by atoms with E-state index in [0.717, 1.165) is 38.6 Å². The summed E-state index contributed by atoms with van der Waals surface area (Å²) in [6, 6.07) is 20.5. The van der Waals surface area contributed by atoms with Crippen LogP contribution in [0.1, 0.15) is 59.2 Å². The summed E-state index contributed by atoms with van der Waals surface area (Å²) in [5.41, 5.74) is 4.44. The monoisotopic (exact) mass is 570 g/mol. The third-order valence-corrected chi connectivity index (χ3v) is 7.48. The number of carboxylic acids is 1. The van der Waals surface area contributed by atoms with Crippen LogP contribution in [-0.2, 0) is 6.54 Å². The zero-order valence-corrected chi connectivity index (χ0v) is 22.9. The van der Waals surface area contributed by atoms with Gasteiger partial charge in [0.2, 0.25) is 0 Å². The third kappa shape index (κ3) is 4.67. The Kier molecular flexibility index (Phi) is 6.99. The van der Waals surface area contributed by atoms with Gasteiger partial charge >= 0.3 is 5.97 Å². The molecular formula is C30H27BrN4O3. The molecule has 38 heavy (non-hydrogen) atoms. The largest absolute Gasteiger partial charge is 0.478 e. The number of benzene rings is 3. The Hall–Kier alpha value is -4.04. The molecule has 0 aliphatic heterocycles. The maximum Gasteiger partial charge on any atom is 0.335 e. The third-order valence-electron chi connectivity index (χ3n) is 6.98. The quantitative estimate of drug-likeness (QED) is 0.224. The number of hydrogen-bond acceptors (Lipinski definition) is 4. The summed E-state index contributed by atoms with van der Waals surface area (Å²) >= 11 is 3.46. The normalized spacial score (nSPS) is 12.5. The lowest BCUT2D eigenvalue weighted by Gasteiger charge is -2.14. The van der Waals surface area contributed by atoms with Crippen molar-refractivity contribution in [1.82, 2.24) is 14.2 Å². The summed E-state index contributed by atoms with van der Waals surface area (Å²) in [5, 5.41) is 15.6. The fourth-order valence-corrected chi connectivity index (χ4v) is 5.07. The first-order chi connectivity index (χ1) is 18.3. The van der Waals surface area contributed by atoms with Crippen molar-refractivity contribution in [2.45, 2.75) is 39.7 Å². The molecule has 0 amide bonds. The predicted octanol–water partition coefficient (Wildman–Crippen LogP) is 6.56. The SMILES string of the molecule is CC[C@@H](C)c1nc2ccc(Br)cc2c(=O)n1N=Cc1c(C)n(Cc2cccc(C(=O)O)c2)c2ccccc12. The molecule has 7 nitrogen and oxygen atoms in total. The number of halogens is 1. The Balaban J connectivity index is 1.65. The van der Waals surface area contributed by atoms with E-state index in [1.165, 1.54) is 4.68 Å². The van der Waals surface area contributed by atoms with Crippen molar-refractivity contribution in [3.8, 4) is 0 Å². The van der Waals surface area contributed by atoms with E-state index in [2.05, 4.69) is 27.4 Å². The highest BCUT2D eigenvalue weighted by Crippen LogP contribution is 2.26. The van der Waals surface area contributed by atoms with Gasteiger partial charge in [-0.25, -0.2) is 9.78 Å². The van der Waals surface area contributed by atoms with Gasteiger partial charge in [0.1, 0.15) is 5.82 Å². The predicted molar refractivity (Wildman–Crippen MR) is 155 cm³/mol. The number of aromatic nitrogens is 3. The van der Waals surface area contributed by atoms with E-state index in [-0.39, 0.29) is 17.0 Å². The molecule has 0 bridgehead atoms. The molecule has 5 aromatic rings. The van der Waals surface area contributed by atoms with Crippen molar-refractivity contribution in [2.75, 3.05) is 0 Å². The van der Waals surface area contributed by atoms with Gasteiger partial charge in [-0.1, -0.05) is 60.1 Å². The van der Waals surface area contributed by atoms with Crippen LogP contribution in [0, 0.1) is 6.92 Å². The molecule has 0 fully saturated rings. The number of nitrogens with zero attached hydrogens (tertiary/aromatic N) is 4. The fraction of sp³-hybridized carbons (Fsp3) is 0.200. The molecule has 0 spiro atoms. The Morgan fingerprint density at radius 2 is 1.89 bits per heavy atom. The van der Waals surface area contributed by atoms with E-state index in [1.54, 1.807) is 30.5 Å². The van der Waals surface area contributed by atoms with E-state index in [4.69, 9.17) is 10.1 Å². The maximum atomic E-state index is 13.6. The fourth-order valence-electron chi connectivity index (χ4n) is 4.70. The van der Waals surface area contributed by atoms with Gasteiger partial charge in [-0.15, -0.1) is 0 Å². The summed E-state index contributed by atoms with van der Waals surface area (Å²) < 4.78 is 4.37. The van der Waals surface area contributed by atoms with Crippen molar-refractivity contribution in [2.24, 2.45) is 5.10 Å². The Morgan fingerprint density at radius 1 is 1.11 bits per heavy atom. The average molecular weight is 571 g/mol. The number of aromatic carboxylic acids is 1. The van der Waals surface area contributed by atoms with Crippen molar-refractivity contribution < 1.29 is 9.90 Å². The van der Waals surface area contributed by atoms with Gasteiger partial charge in [0, 0.05) is 39.1 Å². The number of rotatable bonds is 7. The minimum absolute atomic E-state index is 0.0387. The van der Waals surface area contributed by atoms with E-state index in [9.17, 15) is 14.7 Å². The molecule has 2 heterocycles. The van der Waals surface area contributed by atoms with Gasteiger partial charge in [0.15, 0.2) is 0 Å². The van der Waals surface area contributed by atoms with E-state index >= 15 is 0 Å². The van der Waals surface area contributed by atoms with Gasteiger partial charge < -0.3 is 9.67 Å². The smallest absolute Gasteiger partial charge is 0.335 e. The van der Waals surface area contributed by atoms with Crippen LogP contribution in [0.5, 0.6) is 0 Å². The molecule has 192 valence electrons. The van der Waals surface area contributed by atoms with Crippen molar-refractivity contribution in [3.63, 3.8) is 0 Å². The molecule has 0 unspecified atom stereocenters. The number of para-hydroxylation sites is 1. The van der Waals surface area contributed by atoms with Gasteiger partial charge in [0.05, 0.1) is 22.7 Å². The molecule has 0 aliphatic carbocycles. The van der Waals surface area contributed by atoms with Crippen LogP contribution in [0.25, 0.3) is 21.8 Å². The molecular weight excluding hydrogens is 544 g/mol. The minimum Gasteiger partial charge on any atom is -0.478 e. The molecule has 5 rings (SSSR count). The number of carbonyl (C=O) groups is 1.